The number of hydrogen-bond acceptors (Lipinski definition) is 3. The van der Waals surface area contributed by atoms with Crippen LogP contribution in [-0.2, 0) is 4.79 Å². The minimum Gasteiger partial charge on any atom is -0.349 e. The van der Waals surface area contributed by atoms with Crippen molar-refractivity contribution in [1.82, 2.24) is 15.5 Å². The lowest BCUT2D eigenvalue weighted by Gasteiger charge is -2.14. The molecule has 90 valence electrons. The number of carbonyl (C=O) groups excluding carboxylic acids is 1. The van der Waals surface area contributed by atoms with Crippen LogP contribution in [0.1, 0.15) is 20.3 Å². The van der Waals surface area contributed by atoms with Crippen molar-refractivity contribution in [3.05, 3.63) is 0 Å². The van der Waals surface area contributed by atoms with Gasteiger partial charge in [0.15, 0.2) is 5.96 Å². The largest absolute Gasteiger partial charge is 0.349 e. The Morgan fingerprint density at radius 2 is 2.25 bits per heavy atom. The summed E-state index contributed by atoms with van der Waals surface area (Å²) in [5, 5.41) is 12.9. The van der Waals surface area contributed by atoms with Gasteiger partial charge in [0, 0.05) is 14.1 Å². The normalized spacial score (nSPS) is 19.4. The van der Waals surface area contributed by atoms with Gasteiger partial charge in [0.25, 0.3) is 5.91 Å². The van der Waals surface area contributed by atoms with Crippen LogP contribution in [-0.4, -0.2) is 42.9 Å². The van der Waals surface area contributed by atoms with Gasteiger partial charge >= 0.3 is 0 Å². The predicted octanol–water partition coefficient (Wildman–Crippen LogP) is -0.0271. The Labute approximate surface area is 95.6 Å². The van der Waals surface area contributed by atoms with Crippen LogP contribution in [0.5, 0.6) is 0 Å². The highest BCUT2D eigenvalue weighted by molar-refractivity contribution is 6.09. The molecule has 0 saturated carbocycles. The molecule has 0 spiro atoms. The lowest BCUT2D eigenvalue weighted by molar-refractivity contribution is -0.120. The average molecular weight is 225 g/mol. The Hall–Kier alpha value is -1.59. The van der Waals surface area contributed by atoms with Crippen LogP contribution in [0.25, 0.3) is 0 Å². The van der Waals surface area contributed by atoms with E-state index in [1.807, 2.05) is 0 Å². The van der Waals surface area contributed by atoms with Gasteiger partial charge in [0.2, 0.25) is 5.96 Å². The second-order valence-electron chi connectivity index (χ2n) is 4.48. The predicted molar refractivity (Wildman–Crippen MR) is 63.4 cm³/mol. The summed E-state index contributed by atoms with van der Waals surface area (Å²) in [4.78, 5) is 17.3. The molecule has 0 bridgehead atoms. The summed E-state index contributed by atoms with van der Waals surface area (Å²) in [6, 6.07) is -0.322. The number of nitrogens with one attached hydrogen (secondary N) is 3. The fourth-order valence-corrected chi connectivity index (χ4v) is 1.34. The zero-order chi connectivity index (χ0) is 12.3. The molecule has 0 aromatic carbocycles. The minimum absolute atomic E-state index is 0.0947. The van der Waals surface area contributed by atoms with E-state index in [4.69, 9.17) is 5.41 Å². The monoisotopic (exact) mass is 225 g/mol. The van der Waals surface area contributed by atoms with Gasteiger partial charge in [-0.1, -0.05) is 13.8 Å². The topological polar surface area (TPSA) is 80.6 Å². The third-order valence-corrected chi connectivity index (χ3v) is 2.21. The van der Waals surface area contributed by atoms with E-state index >= 15 is 0 Å². The second kappa shape index (κ2) is 4.96. The highest BCUT2D eigenvalue weighted by Crippen LogP contribution is 2.11. The molecule has 0 aromatic heterocycles. The number of amides is 1. The molecule has 1 aliphatic heterocycles. The van der Waals surface area contributed by atoms with Gasteiger partial charge < -0.3 is 4.90 Å². The van der Waals surface area contributed by atoms with Crippen molar-refractivity contribution in [2.45, 2.75) is 26.3 Å². The first kappa shape index (κ1) is 12.5. The molecule has 3 N–H and O–H groups in total. The minimum atomic E-state index is -0.322. The van der Waals surface area contributed by atoms with E-state index in [1.165, 1.54) is 0 Å². The summed E-state index contributed by atoms with van der Waals surface area (Å²) in [7, 11) is 3.50. The number of carbonyl (C=O) groups is 1. The molecule has 6 nitrogen and oxygen atoms in total. The molecule has 0 radical (unpaired) electrons. The summed E-state index contributed by atoms with van der Waals surface area (Å²) in [5.74, 6) is 0.897. The van der Waals surface area contributed by atoms with Crippen molar-refractivity contribution in [2.24, 2.45) is 10.9 Å². The fourth-order valence-electron chi connectivity index (χ4n) is 1.34. The molecule has 0 aliphatic carbocycles. The van der Waals surface area contributed by atoms with Crippen molar-refractivity contribution in [2.75, 3.05) is 14.1 Å². The van der Waals surface area contributed by atoms with E-state index in [-0.39, 0.29) is 17.9 Å². The Morgan fingerprint density at radius 3 is 2.75 bits per heavy atom. The molecule has 1 atom stereocenters. The first-order valence-corrected chi connectivity index (χ1v) is 5.31. The molecule has 1 amide bonds. The Bertz CT molecular complexity index is 321. The molecule has 1 heterocycles. The SMILES string of the molecule is CC(C)CC1N=C(NC(=N)N(C)C)NC1=O. The van der Waals surface area contributed by atoms with E-state index < -0.39 is 0 Å². The molecular weight excluding hydrogens is 206 g/mol. The van der Waals surface area contributed by atoms with Crippen LogP contribution >= 0.6 is 0 Å². The molecule has 0 aromatic rings. The molecular formula is C10H19N5O. The summed E-state index contributed by atoms with van der Waals surface area (Å²) in [6.07, 6.45) is 0.728. The molecule has 0 saturated heterocycles. The molecule has 1 rings (SSSR count). The maximum atomic E-state index is 11.5. The standard InChI is InChI=1S/C10H19N5O/c1-6(2)5-7-8(16)13-10(12-7)14-9(11)15(3)4/h6-7H,5H2,1-4H3,(H3,11,12,13,14,16). The quantitative estimate of drug-likeness (QED) is 0.456. The second-order valence-corrected chi connectivity index (χ2v) is 4.48. The smallest absolute Gasteiger partial charge is 0.251 e. The fraction of sp³-hybridized carbons (Fsp3) is 0.700. The van der Waals surface area contributed by atoms with Crippen molar-refractivity contribution >= 4 is 17.8 Å². The van der Waals surface area contributed by atoms with Crippen LogP contribution < -0.4 is 10.6 Å². The van der Waals surface area contributed by atoms with Crippen LogP contribution in [0.4, 0.5) is 0 Å². The van der Waals surface area contributed by atoms with E-state index in [0.29, 0.717) is 11.9 Å². The van der Waals surface area contributed by atoms with Gasteiger partial charge in [-0.05, 0) is 12.3 Å². The van der Waals surface area contributed by atoms with E-state index in [9.17, 15) is 4.79 Å². The maximum Gasteiger partial charge on any atom is 0.251 e. The number of rotatable bonds is 2. The maximum absolute atomic E-state index is 11.5. The van der Waals surface area contributed by atoms with E-state index in [1.54, 1.807) is 19.0 Å². The lowest BCUT2D eigenvalue weighted by Crippen LogP contribution is -2.45. The third kappa shape index (κ3) is 3.22. The van der Waals surface area contributed by atoms with Gasteiger partial charge in [0.05, 0.1) is 0 Å². The van der Waals surface area contributed by atoms with E-state index in [2.05, 4.69) is 29.5 Å². The van der Waals surface area contributed by atoms with Gasteiger partial charge in [-0.3, -0.25) is 20.8 Å². The van der Waals surface area contributed by atoms with Crippen LogP contribution in [0.2, 0.25) is 0 Å². The highest BCUT2D eigenvalue weighted by Gasteiger charge is 2.27. The molecule has 1 unspecified atom stereocenters. The summed E-state index contributed by atoms with van der Waals surface area (Å²) in [5.41, 5.74) is 0. The molecule has 16 heavy (non-hydrogen) atoms. The Balaban J connectivity index is 2.57. The Kier molecular flexibility index (Phi) is 3.87. The van der Waals surface area contributed by atoms with Crippen LogP contribution in [0, 0.1) is 11.3 Å². The van der Waals surface area contributed by atoms with Gasteiger partial charge in [-0.25, -0.2) is 4.99 Å². The Morgan fingerprint density at radius 1 is 1.62 bits per heavy atom. The highest BCUT2D eigenvalue weighted by atomic mass is 16.2. The number of hydrogen-bond donors (Lipinski definition) is 3. The van der Waals surface area contributed by atoms with Crippen molar-refractivity contribution in [3.63, 3.8) is 0 Å². The molecule has 0 fully saturated rings. The van der Waals surface area contributed by atoms with E-state index in [0.717, 1.165) is 6.42 Å². The third-order valence-electron chi connectivity index (χ3n) is 2.21. The number of aliphatic imine (C=N–C) groups is 1. The van der Waals surface area contributed by atoms with Gasteiger partial charge in [-0.15, -0.1) is 0 Å². The van der Waals surface area contributed by atoms with Crippen molar-refractivity contribution < 1.29 is 4.79 Å². The van der Waals surface area contributed by atoms with Crippen molar-refractivity contribution in [1.29, 1.82) is 5.41 Å². The summed E-state index contributed by atoms with van der Waals surface area (Å²) in [6.45, 7) is 4.10. The number of guanidine groups is 2. The summed E-state index contributed by atoms with van der Waals surface area (Å²) < 4.78 is 0. The van der Waals surface area contributed by atoms with Gasteiger partial charge in [-0.2, -0.15) is 0 Å². The average Bonchev–Trinajstić information content (AvgIpc) is 2.45. The first-order valence-electron chi connectivity index (χ1n) is 5.31. The summed E-state index contributed by atoms with van der Waals surface area (Å²) >= 11 is 0. The number of nitrogens with zero attached hydrogens (tertiary/aromatic N) is 2. The molecule has 6 heteroatoms. The van der Waals surface area contributed by atoms with Crippen molar-refractivity contribution in [3.8, 4) is 0 Å². The first-order chi connectivity index (χ1) is 7.40. The zero-order valence-electron chi connectivity index (χ0n) is 10.2. The molecule has 1 aliphatic rings. The van der Waals surface area contributed by atoms with Crippen LogP contribution in [0.15, 0.2) is 4.99 Å². The lowest BCUT2D eigenvalue weighted by atomic mass is 10.0. The van der Waals surface area contributed by atoms with Gasteiger partial charge in [0.1, 0.15) is 6.04 Å². The zero-order valence-corrected chi connectivity index (χ0v) is 10.2. The van der Waals surface area contributed by atoms with Crippen LogP contribution in [0.3, 0.4) is 0 Å².